The lowest BCUT2D eigenvalue weighted by molar-refractivity contribution is -0.904. The Morgan fingerprint density at radius 3 is 1.98 bits per heavy atom. The number of unbranched alkanes of at least 4 members (excludes halogenated alkanes) is 18. The summed E-state index contributed by atoms with van der Waals surface area (Å²) in [6.45, 7) is 14.9. The summed E-state index contributed by atoms with van der Waals surface area (Å²) in [5.74, 6) is 1.36. The van der Waals surface area contributed by atoms with Crippen LogP contribution in [-0.4, -0.2) is 42.9 Å². The Balaban J connectivity index is 1.44. The standard InChI is InChI=1S/C46H81N3O/c1-7-9-11-12-13-14-19-22-25-28-38-50-39-37-49(5,6)42-46-33-29-32-45(40-46)31-26-23-20-17-15-16-18-21-24-27-34-47-35-36-48(44(47)4)41-43(3)30-10-8-2/h8,10,29-30,32-33,35-36,40H,7,9,11-28,31,34,37-39,41-42H2,1-6H3/q+2. The van der Waals surface area contributed by atoms with Crippen LogP contribution in [0.4, 0.5) is 0 Å². The van der Waals surface area contributed by atoms with Gasteiger partial charge in [0.25, 0.3) is 5.82 Å². The van der Waals surface area contributed by atoms with Gasteiger partial charge < -0.3 is 9.22 Å². The zero-order valence-corrected chi connectivity index (χ0v) is 34.0. The van der Waals surface area contributed by atoms with Crippen molar-refractivity contribution in [3.63, 3.8) is 0 Å². The first kappa shape index (κ1) is 44.0. The van der Waals surface area contributed by atoms with Crippen LogP contribution < -0.4 is 4.57 Å². The predicted molar refractivity (Wildman–Crippen MR) is 218 cm³/mol. The molecule has 284 valence electrons. The van der Waals surface area contributed by atoms with E-state index >= 15 is 0 Å². The maximum Gasteiger partial charge on any atom is 0.253 e. The van der Waals surface area contributed by atoms with Crippen LogP contribution in [0.15, 0.2) is 60.5 Å². The molecule has 0 atom stereocenters. The molecule has 0 aliphatic heterocycles. The van der Waals surface area contributed by atoms with Crippen molar-refractivity contribution in [1.29, 1.82) is 0 Å². The van der Waals surface area contributed by atoms with Crippen LogP contribution in [-0.2, 0) is 30.8 Å². The van der Waals surface area contributed by atoms with Crippen molar-refractivity contribution in [3.05, 3.63) is 77.4 Å². The second kappa shape index (κ2) is 28.4. The molecule has 1 aromatic heterocycles. The van der Waals surface area contributed by atoms with Crippen LogP contribution in [0.3, 0.4) is 0 Å². The quantitative estimate of drug-likeness (QED) is 0.0323. The molecule has 50 heavy (non-hydrogen) atoms. The number of hydrogen-bond donors (Lipinski definition) is 0. The van der Waals surface area contributed by atoms with Gasteiger partial charge in [-0.15, -0.1) is 0 Å². The fraction of sp³-hybridized carbons (Fsp3) is 0.717. The Labute approximate surface area is 311 Å². The highest BCUT2D eigenvalue weighted by molar-refractivity contribution is 5.23. The van der Waals surface area contributed by atoms with E-state index in [1.54, 1.807) is 0 Å². The van der Waals surface area contributed by atoms with Crippen LogP contribution >= 0.6 is 0 Å². The van der Waals surface area contributed by atoms with Crippen LogP contribution in [0.1, 0.15) is 166 Å². The molecule has 0 bridgehead atoms. The molecular formula is C46H81N3O+2. The fourth-order valence-corrected chi connectivity index (χ4v) is 7.11. The molecule has 0 N–H and O–H groups in total. The molecule has 2 aromatic rings. The van der Waals surface area contributed by atoms with Gasteiger partial charge in [-0.1, -0.05) is 152 Å². The number of quaternary nitrogens is 1. The molecule has 0 radical (unpaired) electrons. The number of hydrogen-bond acceptors (Lipinski definition) is 1. The molecule has 2 rings (SSSR count). The Hall–Kier alpha value is -2.17. The largest absolute Gasteiger partial charge is 0.376 e. The van der Waals surface area contributed by atoms with Gasteiger partial charge in [0.15, 0.2) is 0 Å². The van der Waals surface area contributed by atoms with Gasteiger partial charge in [0.05, 0.1) is 27.2 Å². The summed E-state index contributed by atoms with van der Waals surface area (Å²) < 4.78 is 11.8. The highest BCUT2D eigenvalue weighted by Crippen LogP contribution is 2.16. The van der Waals surface area contributed by atoms with E-state index in [4.69, 9.17) is 4.74 Å². The number of rotatable bonds is 32. The van der Waals surface area contributed by atoms with Crippen molar-refractivity contribution in [1.82, 2.24) is 4.57 Å². The third kappa shape index (κ3) is 21.9. The maximum atomic E-state index is 6.04. The molecule has 0 amide bonds. The highest BCUT2D eigenvalue weighted by atomic mass is 16.5. The smallest absolute Gasteiger partial charge is 0.253 e. The summed E-state index contributed by atoms with van der Waals surface area (Å²) >= 11 is 0. The van der Waals surface area contributed by atoms with E-state index in [0.29, 0.717) is 0 Å². The third-order valence-electron chi connectivity index (χ3n) is 10.5. The van der Waals surface area contributed by atoms with Crippen LogP contribution in [0.5, 0.6) is 0 Å². The van der Waals surface area contributed by atoms with Crippen molar-refractivity contribution in [2.75, 3.05) is 33.9 Å². The Morgan fingerprint density at radius 1 is 0.760 bits per heavy atom. The minimum Gasteiger partial charge on any atom is -0.376 e. The summed E-state index contributed by atoms with van der Waals surface area (Å²) in [4.78, 5) is 0. The highest BCUT2D eigenvalue weighted by Gasteiger charge is 2.16. The summed E-state index contributed by atoms with van der Waals surface area (Å²) in [5.41, 5.74) is 4.37. The van der Waals surface area contributed by atoms with Crippen molar-refractivity contribution in [2.45, 2.75) is 182 Å². The molecule has 4 nitrogen and oxygen atoms in total. The molecule has 0 fully saturated rings. The van der Waals surface area contributed by atoms with Gasteiger partial charge >= 0.3 is 0 Å². The SMILES string of the molecule is CC=CC=C(C)C[n+]1ccn(CCCCCCCCCCCCc2cccc(C[N+](C)(C)CCOCCCCCCCCCCCC)c2)c1C. The monoisotopic (exact) mass is 692 g/mol. The molecule has 4 heteroatoms. The number of ether oxygens (including phenoxy) is 1. The Morgan fingerprint density at radius 2 is 1.34 bits per heavy atom. The van der Waals surface area contributed by atoms with E-state index in [0.717, 1.165) is 43.9 Å². The molecule has 1 aromatic carbocycles. The summed E-state index contributed by atoms with van der Waals surface area (Å²) in [6.07, 6.45) is 39.6. The number of likely N-dealkylation sites (N-methyl/N-ethyl adjacent to an activating group) is 1. The zero-order chi connectivity index (χ0) is 36.1. The third-order valence-corrected chi connectivity index (χ3v) is 10.5. The number of imidazole rings is 1. The van der Waals surface area contributed by atoms with E-state index in [2.05, 4.69) is 106 Å². The lowest BCUT2D eigenvalue weighted by atomic mass is 10.0. The lowest BCUT2D eigenvalue weighted by Crippen LogP contribution is -2.41. The van der Waals surface area contributed by atoms with Crippen molar-refractivity contribution >= 4 is 0 Å². The minimum atomic E-state index is 0.869. The molecule has 0 saturated heterocycles. The number of allylic oxidation sites excluding steroid dienone is 4. The maximum absolute atomic E-state index is 6.04. The second-order valence-corrected chi connectivity index (χ2v) is 15.9. The molecular weight excluding hydrogens is 611 g/mol. The Bertz CT molecular complexity index is 1160. The molecule has 0 aliphatic carbocycles. The van der Waals surface area contributed by atoms with Gasteiger partial charge in [-0.05, 0) is 57.1 Å². The van der Waals surface area contributed by atoms with Crippen molar-refractivity contribution in [2.24, 2.45) is 0 Å². The predicted octanol–water partition coefficient (Wildman–Crippen LogP) is 12.3. The molecule has 0 unspecified atom stereocenters. The van der Waals surface area contributed by atoms with Gasteiger partial charge in [-0.25, -0.2) is 9.13 Å². The van der Waals surface area contributed by atoms with Crippen LogP contribution in [0.25, 0.3) is 0 Å². The average molecular weight is 692 g/mol. The number of nitrogens with zero attached hydrogens (tertiary/aromatic N) is 3. The van der Waals surface area contributed by atoms with E-state index in [9.17, 15) is 0 Å². The normalized spacial score (nSPS) is 12.5. The second-order valence-electron chi connectivity index (χ2n) is 15.9. The summed E-state index contributed by atoms with van der Waals surface area (Å²) in [5, 5.41) is 0. The van der Waals surface area contributed by atoms with E-state index in [1.807, 2.05) is 0 Å². The molecule has 0 spiro atoms. The van der Waals surface area contributed by atoms with E-state index in [-0.39, 0.29) is 0 Å². The first-order valence-electron chi connectivity index (χ1n) is 21.2. The average Bonchev–Trinajstić information content (AvgIpc) is 3.44. The topological polar surface area (TPSA) is 18.0 Å². The number of aryl methyl sites for hydroxylation is 2. The van der Waals surface area contributed by atoms with Gasteiger partial charge in [0.1, 0.15) is 32.0 Å². The van der Waals surface area contributed by atoms with Crippen molar-refractivity contribution < 1.29 is 13.8 Å². The van der Waals surface area contributed by atoms with E-state index < -0.39 is 0 Å². The van der Waals surface area contributed by atoms with Gasteiger partial charge in [0.2, 0.25) is 0 Å². The number of aromatic nitrogens is 2. The first-order valence-corrected chi connectivity index (χ1v) is 21.2. The molecule has 0 saturated carbocycles. The fourth-order valence-electron chi connectivity index (χ4n) is 7.11. The van der Waals surface area contributed by atoms with Crippen LogP contribution in [0, 0.1) is 6.92 Å². The number of benzene rings is 1. The summed E-state index contributed by atoms with van der Waals surface area (Å²) in [6, 6.07) is 9.38. The van der Waals surface area contributed by atoms with Crippen molar-refractivity contribution in [3.8, 4) is 0 Å². The van der Waals surface area contributed by atoms with Gasteiger partial charge in [-0.2, -0.15) is 0 Å². The minimum absolute atomic E-state index is 0.869. The Kier molecular flexibility index (Phi) is 25.0. The molecule has 1 heterocycles. The summed E-state index contributed by atoms with van der Waals surface area (Å²) in [7, 11) is 4.70. The van der Waals surface area contributed by atoms with Gasteiger partial charge in [-0.3, -0.25) is 0 Å². The first-order chi connectivity index (χ1) is 24.3. The van der Waals surface area contributed by atoms with Crippen LogP contribution in [0.2, 0.25) is 0 Å². The zero-order valence-electron chi connectivity index (χ0n) is 34.0. The van der Waals surface area contributed by atoms with E-state index in [1.165, 1.54) is 157 Å². The lowest BCUT2D eigenvalue weighted by Gasteiger charge is -2.30. The molecule has 0 aliphatic rings. The van der Waals surface area contributed by atoms with Gasteiger partial charge in [0, 0.05) is 19.1 Å².